The third-order valence-corrected chi connectivity index (χ3v) is 4.07. The van der Waals surface area contributed by atoms with Crippen LogP contribution >= 0.6 is 0 Å². The molecule has 1 heterocycles. The van der Waals surface area contributed by atoms with E-state index in [1.807, 2.05) is 0 Å². The summed E-state index contributed by atoms with van der Waals surface area (Å²) in [6, 6.07) is -0.0544. The number of aliphatic hydroxyl groups excluding tert-OH is 1. The fourth-order valence-corrected chi connectivity index (χ4v) is 2.96. The average Bonchev–Trinajstić information content (AvgIpc) is 2.42. The molecule has 1 aliphatic heterocycles. The van der Waals surface area contributed by atoms with Gasteiger partial charge in [-0.3, -0.25) is 0 Å². The Morgan fingerprint density at radius 1 is 1.56 bits per heavy atom. The minimum absolute atomic E-state index is 0.0248. The summed E-state index contributed by atoms with van der Waals surface area (Å²) in [5.41, 5.74) is 6.37. The Kier molecular flexibility index (Phi) is 4.66. The van der Waals surface area contributed by atoms with E-state index in [4.69, 9.17) is 5.73 Å². The van der Waals surface area contributed by atoms with Crippen molar-refractivity contribution in [3.63, 3.8) is 0 Å². The number of rotatable bonds is 4. The predicted molar refractivity (Wildman–Crippen MR) is 73.8 cm³/mol. The molecule has 0 spiro atoms. The summed E-state index contributed by atoms with van der Waals surface area (Å²) in [7, 11) is 0. The van der Waals surface area contributed by atoms with E-state index >= 15 is 0 Å². The van der Waals surface area contributed by atoms with Gasteiger partial charge in [0, 0.05) is 19.1 Å². The van der Waals surface area contributed by atoms with Crippen molar-refractivity contribution in [2.75, 3.05) is 19.7 Å². The van der Waals surface area contributed by atoms with E-state index in [2.05, 4.69) is 28.9 Å². The summed E-state index contributed by atoms with van der Waals surface area (Å²) in [4.78, 5) is 2.14. The molecule has 0 bridgehead atoms. The summed E-state index contributed by atoms with van der Waals surface area (Å²) in [6.07, 6.45) is 8.99. The Labute approximate surface area is 110 Å². The lowest BCUT2D eigenvalue weighted by Crippen LogP contribution is -2.56. The van der Waals surface area contributed by atoms with Gasteiger partial charge in [0.25, 0.3) is 0 Å². The van der Waals surface area contributed by atoms with Gasteiger partial charge in [-0.25, -0.2) is 0 Å². The average molecular weight is 251 g/mol. The second-order valence-corrected chi connectivity index (χ2v) is 5.27. The van der Waals surface area contributed by atoms with Crippen molar-refractivity contribution in [2.45, 2.75) is 37.8 Å². The van der Waals surface area contributed by atoms with Crippen LogP contribution < -0.4 is 11.1 Å². The highest BCUT2D eigenvalue weighted by atomic mass is 16.3. The van der Waals surface area contributed by atoms with Crippen LogP contribution in [0.1, 0.15) is 25.7 Å². The molecule has 0 aromatic heterocycles. The number of aliphatic hydroxyl groups is 1. The molecule has 4 nitrogen and oxygen atoms in total. The molecule has 0 aromatic rings. The van der Waals surface area contributed by atoms with Gasteiger partial charge in [-0.05, 0) is 31.6 Å². The molecule has 4 heteroatoms. The molecule has 1 aliphatic carbocycles. The highest BCUT2D eigenvalue weighted by Crippen LogP contribution is 2.24. The van der Waals surface area contributed by atoms with E-state index in [-0.39, 0.29) is 18.7 Å². The second-order valence-electron chi connectivity index (χ2n) is 5.27. The standard InChI is InChI=1S/C14H25N3O/c1-11-16-8-5-9-17(11)13(10-18)14(15)12-6-3-2-4-7-12/h3,6,12-14,16,18H,1-2,4-5,7-10,15H2/t12?,13?,14-/m0/s1. The molecule has 0 radical (unpaired) electrons. The SMILES string of the molecule is C=C1NCCCN1C(CO)[C@@H](N)C1C=CCCC1. The first-order valence-corrected chi connectivity index (χ1v) is 6.96. The van der Waals surface area contributed by atoms with Gasteiger partial charge in [0.15, 0.2) is 0 Å². The maximum atomic E-state index is 9.68. The van der Waals surface area contributed by atoms with E-state index in [0.717, 1.165) is 38.2 Å². The smallest absolute Gasteiger partial charge is 0.0942 e. The van der Waals surface area contributed by atoms with Crippen molar-refractivity contribution < 1.29 is 5.11 Å². The molecule has 2 unspecified atom stereocenters. The topological polar surface area (TPSA) is 61.5 Å². The van der Waals surface area contributed by atoms with Crippen LogP contribution in [-0.4, -0.2) is 41.8 Å². The van der Waals surface area contributed by atoms with Crippen LogP contribution in [0.3, 0.4) is 0 Å². The molecule has 0 aromatic carbocycles. The van der Waals surface area contributed by atoms with Crippen LogP contribution in [0, 0.1) is 5.92 Å². The Hall–Kier alpha value is -1.00. The van der Waals surface area contributed by atoms with Crippen molar-refractivity contribution in [1.82, 2.24) is 10.2 Å². The maximum absolute atomic E-state index is 9.68. The minimum atomic E-state index is -0.0296. The number of nitrogens with one attached hydrogen (secondary N) is 1. The van der Waals surface area contributed by atoms with Crippen LogP contribution in [0.4, 0.5) is 0 Å². The van der Waals surface area contributed by atoms with Crippen LogP contribution in [-0.2, 0) is 0 Å². The summed E-state index contributed by atoms with van der Waals surface area (Å²) < 4.78 is 0. The molecule has 1 saturated heterocycles. The molecule has 3 atom stereocenters. The van der Waals surface area contributed by atoms with Crippen LogP contribution in [0.25, 0.3) is 0 Å². The first kappa shape index (κ1) is 13.4. The molecule has 4 N–H and O–H groups in total. The first-order chi connectivity index (χ1) is 8.74. The summed E-state index contributed by atoms with van der Waals surface area (Å²) in [5, 5.41) is 12.9. The highest BCUT2D eigenvalue weighted by Gasteiger charge is 2.31. The molecule has 102 valence electrons. The van der Waals surface area contributed by atoms with Crippen LogP contribution in [0.15, 0.2) is 24.6 Å². The number of nitrogens with two attached hydrogens (primary N) is 1. The van der Waals surface area contributed by atoms with Gasteiger partial charge < -0.3 is 21.1 Å². The maximum Gasteiger partial charge on any atom is 0.0942 e. The van der Waals surface area contributed by atoms with E-state index < -0.39 is 0 Å². The minimum Gasteiger partial charge on any atom is -0.394 e. The van der Waals surface area contributed by atoms with E-state index in [9.17, 15) is 5.11 Å². The molecule has 2 aliphatic rings. The number of allylic oxidation sites excluding steroid dienone is 1. The van der Waals surface area contributed by atoms with Gasteiger partial charge >= 0.3 is 0 Å². The fourth-order valence-electron chi connectivity index (χ4n) is 2.96. The third-order valence-electron chi connectivity index (χ3n) is 4.07. The van der Waals surface area contributed by atoms with Gasteiger partial charge in [0.05, 0.1) is 18.5 Å². The normalized spacial score (nSPS) is 27.8. The number of nitrogens with zero attached hydrogens (tertiary/aromatic N) is 1. The van der Waals surface area contributed by atoms with Crippen molar-refractivity contribution >= 4 is 0 Å². The lowest BCUT2D eigenvalue weighted by Gasteiger charge is -2.42. The zero-order valence-corrected chi connectivity index (χ0v) is 11.0. The number of hydrogen-bond donors (Lipinski definition) is 3. The Balaban J connectivity index is 2.04. The van der Waals surface area contributed by atoms with Gasteiger partial charge in [0.1, 0.15) is 0 Å². The molecular formula is C14H25N3O. The van der Waals surface area contributed by atoms with Crippen molar-refractivity contribution in [1.29, 1.82) is 0 Å². The predicted octanol–water partition coefficient (Wildman–Crippen LogP) is 0.797. The highest BCUT2D eigenvalue weighted by molar-refractivity contribution is 5.05. The van der Waals surface area contributed by atoms with Gasteiger partial charge in [0.2, 0.25) is 0 Å². The van der Waals surface area contributed by atoms with Crippen molar-refractivity contribution in [2.24, 2.45) is 11.7 Å². The monoisotopic (exact) mass is 251 g/mol. The summed E-state index contributed by atoms with van der Waals surface area (Å²) in [5.74, 6) is 1.28. The van der Waals surface area contributed by atoms with Crippen molar-refractivity contribution in [3.05, 3.63) is 24.6 Å². The third kappa shape index (κ3) is 2.87. The van der Waals surface area contributed by atoms with Gasteiger partial charge in [-0.1, -0.05) is 18.7 Å². The van der Waals surface area contributed by atoms with Crippen molar-refractivity contribution in [3.8, 4) is 0 Å². The van der Waals surface area contributed by atoms with E-state index in [1.54, 1.807) is 0 Å². The number of hydrogen-bond acceptors (Lipinski definition) is 4. The molecular weight excluding hydrogens is 226 g/mol. The second kappa shape index (κ2) is 6.25. The largest absolute Gasteiger partial charge is 0.394 e. The Bertz CT molecular complexity index is 316. The van der Waals surface area contributed by atoms with Crippen LogP contribution in [0.5, 0.6) is 0 Å². The Morgan fingerprint density at radius 3 is 3.00 bits per heavy atom. The summed E-state index contributed by atoms with van der Waals surface area (Å²) >= 11 is 0. The zero-order valence-electron chi connectivity index (χ0n) is 11.0. The van der Waals surface area contributed by atoms with Gasteiger partial charge in [-0.15, -0.1) is 0 Å². The van der Waals surface area contributed by atoms with E-state index in [0.29, 0.717) is 5.92 Å². The van der Waals surface area contributed by atoms with E-state index in [1.165, 1.54) is 6.42 Å². The quantitative estimate of drug-likeness (QED) is 0.647. The van der Waals surface area contributed by atoms with Crippen LogP contribution in [0.2, 0.25) is 0 Å². The first-order valence-electron chi connectivity index (χ1n) is 6.96. The van der Waals surface area contributed by atoms with Gasteiger partial charge in [-0.2, -0.15) is 0 Å². The fraction of sp³-hybridized carbons (Fsp3) is 0.714. The summed E-state index contributed by atoms with van der Waals surface area (Å²) in [6.45, 7) is 6.01. The lowest BCUT2D eigenvalue weighted by atomic mass is 9.85. The molecule has 0 amide bonds. The molecule has 0 saturated carbocycles. The molecule has 1 fully saturated rings. The zero-order chi connectivity index (χ0) is 13.0. The Morgan fingerprint density at radius 2 is 2.39 bits per heavy atom. The molecule has 2 rings (SSSR count). The lowest BCUT2D eigenvalue weighted by molar-refractivity contribution is 0.101. The molecule has 18 heavy (non-hydrogen) atoms.